The van der Waals surface area contributed by atoms with Crippen LogP contribution < -0.4 is 0 Å². The Kier molecular flexibility index (Phi) is 4.24. The summed E-state index contributed by atoms with van der Waals surface area (Å²) in [5, 5.41) is 3.42. The summed E-state index contributed by atoms with van der Waals surface area (Å²) in [5.41, 5.74) is 8.29. The van der Waals surface area contributed by atoms with Crippen molar-refractivity contribution in [3.8, 4) is 0 Å². The van der Waals surface area contributed by atoms with Gasteiger partial charge in [0.25, 0.3) is 0 Å². The van der Waals surface area contributed by atoms with Crippen LogP contribution in [0.25, 0.3) is 10.4 Å². The summed E-state index contributed by atoms with van der Waals surface area (Å²) in [6, 6.07) is 0. The summed E-state index contributed by atoms with van der Waals surface area (Å²) in [6.07, 6.45) is -1.13. The molecule has 8 nitrogen and oxygen atoms in total. The molecule has 1 unspecified atom stereocenters. The molecule has 0 aliphatic carbocycles. The van der Waals surface area contributed by atoms with Crippen LogP contribution in [0.1, 0.15) is 19.8 Å². The number of fused-ring (bicyclic) bond motifs is 1. The van der Waals surface area contributed by atoms with Gasteiger partial charge in [-0.05, 0) is 12.0 Å². The molecule has 2 aliphatic heterocycles. The number of hydrogen-bond acceptors (Lipinski definition) is 6. The zero-order valence-corrected chi connectivity index (χ0v) is 10.0. The smallest absolute Gasteiger partial charge is 0.424 e. The molecular formula is C10H15N3O5. The van der Waals surface area contributed by atoms with Crippen LogP contribution in [0, 0.1) is 0 Å². The minimum absolute atomic E-state index is 0.0853. The number of ether oxygens (including phenoxy) is 4. The van der Waals surface area contributed by atoms with E-state index in [4.69, 9.17) is 24.5 Å². The Hall–Kier alpha value is -1.50. The second-order valence-corrected chi connectivity index (χ2v) is 4.10. The summed E-state index contributed by atoms with van der Waals surface area (Å²) in [4.78, 5) is 13.7. The number of carbonyl (C=O) groups is 1. The third kappa shape index (κ3) is 2.66. The van der Waals surface area contributed by atoms with E-state index in [1.807, 2.05) is 6.92 Å². The van der Waals surface area contributed by atoms with Crippen LogP contribution in [0.15, 0.2) is 5.11 Å². The zero-order valence-electron chi connectivity index (χ0n) is 10.0. The maximum absolute atomic E-state index is 11.1. The van der Waals surface area contributed by atoms with Gasteiger partial charge in [-0.25, -0.2) is 4.79 Å². The van der Waals surface area contributed by atoms with Crippen LogP contribution in [0.5, 0.6) is 0 Å². The average molecular weight is 257 g/mol. The lowest BCUT2D eigenvalue weighted by atomic mass is 10.1. The fourth-order valence-corrected chi connectivity index (χ4v) is 1.95. The van der Waals surface area contributed by atoms with Gasteiger partial charge in [-0.15, -0.1) is 0 Å². The van der Waals surface area contributed by atoms with E-state index in [1.54, 1.807) is 0 Å². The summed E-state index contributed by atoms with van der Waals surface area (Å²) in [7, 11) is 0. The predicted molar refractivity (Wildman–Crippen MR) is 58.7 cm³/mol. The Bertz CT molecular complexity index is 357. The lowest BCUT2D eigenvalue weighted by Crippen LogP contribution is -2.31. The average Bonchev–Trinajstić information content (AvgIpc) is 2.86. The number of carbonyl (C=O) groups excluding carboxylic acids is 1. The van der Waals surface area contributed by atoms with Gasteiger partial charge in [0.1, 0.15) is 6.10 Å². The van der Waals surface area contributed by atoms with Gasteiger partial charge >= 0.3 is 6.16 Å². The molecule has 2 aliphatic rings. The predicted octanol–water partition coefficient (Wildman–Crippen LogP) is 1.74. The Morgan fingerprint density at radius 1 is 1.44 bits per heavy atom. The number of unbranched alkanes of at least 4 members (excludes halogenated alkanes) is 1. The molecule has 2 fully saturated rings. The first-order valence-corrected chi connectivity index (χ1v) is 5.91. The molecule has 0 spiro atoms. The number of azide groups is 1. The summed E-state index contributed by atoms with van der Waals surface area (Å²) in [5.74, 6) is 0. The highest BCUT2D eigenvalue weighted by atomic mass is 16.8. The Balaban J connectivity index is 1.95. The molecule has 2 heterocycles. The minimum atomic E-state index is -0.733. The molecule has 100 valence electrons. The van der Waals surface area contributed by atoms with E-state index in [2.05, 4.69) is 10.0 Å². The molecule has 0 amide bonds. The van der Waals surface area contributed by atoms with Gasteiger partial charge in [-0.1, -0.05) is 18.5 Å². The van der Waals surface area contributed by atoms with Gasteiger partial charge in [-0.3, -0.25) is 0 Å². The molecule has 18 heavy (non-hydrogen) atoms. The fraction of sp³-hybridized carbons (Fsp3) is 0.900. The maximum Gasteiger partial charge on any atom is 0.509 e. The third-order valence-electron chi connectivity index (χ3n) is 2.84. The first kappa shape index (κ1) is 12.9. The first-order chi connectivity index (χ1) is 8.76. The standard InChI is InChI=1S/C10H15N3O5/c1-2-3-4-15-9-8-7(17-10(14)18-8)6(16-9)5-12-13-11/h6-9H,2-5H2,1H3/t6?,7-,8-,9-/m1/s1. The van der Waals surface area contributed by atoms with Crippen molar-refractivity contribution in [3.63, 3.8) is 0 Å². The lowest BCUT2D eigenvalue weighted by molar-refractivity contribution is -0.165. The van der Waals surface area contributed by atoms with Crippen molar-refractivity contribution in [1.29, 1.82) is 0 Å². The summed E-state index contributed by atoms with van der Waals surface area (Å²) < 4.78 is 21.0. The van der Waals surface area contributed by atoms with E-state index >= 15 is 0 Å². The highest BCUT2D eigenvalue weighted by Gasteiger charge is 2.54. The highest BCUT2D eigenvalue weighted by molar-refractivity contribution is 5.63. The van der Waals surface area contributed by atoms with Crippen LogP contribution in [0.4, 0.5) is 4.79 Å². The van der Waals surface area contributed by atoms with Crippen LogP contribution in [0.3, 0.4) is 0 Å². The number of rotatable bonds is 6. The molecule has 0 aromatic carbocycles. The molecule has 2 rings (SSSR count). The van der Waals surface area contributed by atoms with Gasteiger partial charge in [-0.2, -0.15) is 0 Å². The van der Waals surface area contributed by atoms with E-state index < -0.39 is 30.8 Å². The molecule has 0 N–H and O–H groups in total. The largest absolute Gasteiger partial charge is 0.509 e. The SMILES string of the molecule is CCCCO[C@@H]1OC(CN=[N+]=[N-])[C@H]2OC(=O)O[C@@H]12. The van der Waals surface area contributed by atoms with Gasteiger partial charge in [0.15, 0.2) is 18.5 Å². The Morgan fingerprint density at radius 2 is 2.22 bits per heavy atom. The van der Waals surface area contributed by atoms with Gasteiger partial charge in [0, 0.05) is 11.5 Å². The van der Waals surface area contributed by atoms with Crippen LogP contribution in [-0.2, 0) is 18.9 Å². The van der Waals surface area contributed by atoms with E-state index in [1.165, 1.54) is 0 Å². The van der Waals surface area contributed by atoms with Gasteiger partial charge in [0.2, 0.25) is 0 Å². The van der Waals surface area contributed by atoms with Crippen LogP contribution >= 0.6 is 0 Å². The van der Waals surface area contributed by atoms with Crippen molar-refractivity contribution in [2.24, 2.45) is 5.11 Å². The van der Waals surface area contributed by atoms with Crippen molar-refractivity contribution in [1.82, 2.24) is 0 Å². The monoisotopic (exact) mass is 257 g/mol. The number of nitrogens with zero attached hydrogens (tertiary/aromatic N) is 3. The summed E-state index contributed by atoms with van der Waals surface area (Å²) in [6.45, 7) is 2.66. The van der Waals surface area contributed by atoms with E-state index in [0.717, 1.165) is 12.8 Å². The second-order valence-electron chi connectivity index (χ2n) is 4.10. The second kappa shape index (κ2) is 5.90. The third-order valence-corrected chi connectivity index (χ3v) is 2.84. The minimum Gasteiger partial charge on any atom is -0.424 e. The molecule has 0 bridgehead atoms. The molecule has 2 saturated heterocycles. The molecular weight excluding hydrogens is 242 g/mol. The first-order valence-electron chi connectivity index (χ1n) is 5.91. The molecule has 0 aromatic rings. The van der Waals surface area contributed by atoms with Crippen molar-refractivity contribution >= 4 is 6.16 Å². The van der Waals surface area contributed by atoms with Crippen molar-refractivity contribution in [2.45, 2.75) is 44.4 Å². The van der Waals surface area contributed by atoms with Crippen molar-refractivity contribution in [2.75, 3.05) is 13.2 Å². The van der Waals surface area contributed by atoms with E-state index in [0.29, 0.717) is 6.61 Å². The quantitative estimate of drug-likeness (QED) is 0.237. The van der Waals surface area contributed by atoms with E-state index in [-0.39, 0.29) is 6.54 Å². The topological polar surface area (TPSA) is 103 Å². The zero-order chi connectivity index (χ0) is 13.0. The molecule has 0 radical (unpaired) electrons. The number of hydrogen-bond donors (Lipinski definition) is 0. The lowest BCUT2D eigenvalue weighted by Gasteiger charge is -2.15. The van der Waals surface area contributed by atoms with Crippen molar-refractivity contribution < 1.29 is 23.7 Å². The molecule has 0 aromatic heterocycles. The Labute approximate surface area is 104 Å². The molecule has 8 heteroatoms. The fourth-order valence-electron chi connectivity index (χ4n) is 1.95. The molecule has 0 saturated carbocycles. The molecule has 4 atom stereocenters. The van der Waals surface area contributed by atoms with Gasteiger partial charge in [0.05, 0.1) is 6.54 Å². The van der Waals surface area contributed by atoms with E-state index in [9.17, 15) is 4.79 Å². The van der Waals surface area contributed by atoms with Gasteiger partial charge < -0.3 is 18.9 Å². The highest BCUT2D eigenvalue weighted by Crippen LogP contribution is 2.32. The maximum atomic E-state index is 11.1. The normalized spacial score (nSPS) is 33.5. The van der Waals surface area contributed by atoms with Crippen LogP contribution in [-0.4, -0.2) is 43.9 Å². The van der Waals surface area contributed by atoms with Crippen molar-refractivity contribution in [3.05, 3.63) is 10.4 Å². The van der Waals surface area contributed by atoms with Crippen LogP contribution in [0.2, 0.25) is 0 Å². The summed E-state index contributed by atoms with van der Waals surface area (Å²) >= 11 is 0. The Morgan fingerprint density at radius 3 is 2.94 bits per heavy atom.